The highest BCUT2D eigenvalue weighted by Crippen LogP contribution is 2.38. The fraction of sp³-hybridized carbons (Fsp3) is 0.167. The van der Waals surface area contributed by atoms with Gasteiger partial charge in [0.2, 0.25) is 11.7 Å². The number of benzene rings is 2. The van der Waals surface area contributed by atoms with Crippen LogP contribution in [-0.2, 0) is 4.79 Å². The molecule has 1 N–H and O–H groups in total. The van der Waals surface area contributed by atoms with Crippen molar-refractivity contribution in [2.75, 3.05) is 26.1 Å². The molecule has 0 heterocycles. The number of azide groups is 1. The molecule has 0 radical (unpaired) electrons. The van der Waals surface area contributed by atoms with Crippen molar-refractivity contribution < 1.29 is 23.9 Å². The molecule has 1 amide bonds. The Labute approximate surface area is 153 Å². The molecule has 0 atom stereocenters. The highest BCUT2D eigenvalue weighted by molar-refractivity contribution is 6.30. The smallest absolute Gasteiger partial charge is 0.230 e. The number of carbonyl (C=O) groups excluding carboxylic acids is 3. The van der Waals surface area contributed by atoms with Crippen LogP contribution in [0.3, 0.4) is 0 Å². The van der Waals surface area contributed by atoms with E-state index in [1.54, 1.807) is 18.2 Å². The summed E-state index contributed by atoms with van der Waals surface area (Å²) in [6, 6.07) is 7.59. The predicted octanol–water partition coefficient (Wildman–Crippen LogP) is 2.73. The van der Waals surface area contributed by atoms with Gasteiger partial charge in [0.1, 0.15) is 18.0 Å². The number of anilines is 1. The van der Waals surface area contributed by atoms with Crippen molar-refractivity contribution >= 4 is 23.2 Å². The number of fused-ring (bicyclic) bond motifs is 2. The third-order valence-corrected chi connectivity index (χ3v) is 4.07. The standard InChI is InChI=1S/C18H14N4O5/c1-26-12-5-3-4-10-15(12)18(25)16-11(17(10)24)6-9(7-13(16)27-2)21-14(23)8-20-22-19/h3-7H,8H2,1-2H3,(H,21,23). The highest BCUT2D eigenvalue weighted by Gasteiger charge is 2.35. The summed E-state index contributed by atoms with van der Waals surface area (Å²) >= 11 is 0. The lowest BCUT2D eigenvalue weighted by atomic mass is 9.82. The number of ether oxygens (including phenoxy) is 2. The maximum Gasteiger partial charge on any atom is 0.230 e. The molecule has 9 nitrogen and oxygen atoms in total. The number of hydrogen-bond acceptors (Lipinski definition) is 6. The Kier molecular flexibility index (Phi) is 4.78. The quantitative estimate of drug-likeness (QED) is 0.421. The largest absolute Gasteiger partial charge is 0.496 e. The lowest BCUT2D eigenvalue weighted by Gasteiger charge is -2.22. The Balaban J connectivity index is 2.12. The zero-order chi connectivity index (χ0) is 19.6. The third kappa shape index (κ3) is 3.07. The van der Waals surface area contributed by atoms with Crippen LogP contribution in [0.4, 0.5) is 5.69 Å². The lowest BCUT2D eigenvalue weighted by molar-refractivity contribution is -0.114. The zero-order valence-corrected chi connectivity index (χ0v) is 14.5. The lowest BCUT2D eigenvalue weighted by Crippen LogP contribution is -2.23. The number of amides is 1. The second kappa shape index (κ2) is 7.19. The van der Waals surface area contributed by atoms with E-state index in [2.05, 4.69) is 15.3 Å². The predicted molar refractivity (Wildman–Crippen MR) is 95.5 cm³/mol. The molecule has 0 unspecified atom stereocenters. The molecule has 0 aromatic heterocycles. The van der Waals surface area contributed by atoms with Crippen LogP contribution in [0.25, 0.3) is 10.4 Å². The number of carbonyl (C=O) groups is 3. The summed E-state index contributed by atoms with van der Waals surface area (Å²) in [5, 5.41) is 5.69. The summed E-state index contributed by atoms with van der Waals surface area (Å²) in [5.74, 6) is -0.915. The number of rotatable bonds is 5. The minimum Gasteiger partial charge on any atom is -0.496 e. The second-order valence-corrected chi connectivity index (χ2v) is 5.58. The normalized spacial score (nSPS) is 11.8. The van der Waals surface area contributed by atoms with Crippen molar-refractivity contribution in [1.82, 2.24) is 0 Å². The Hall–Kier alpha value is -3.84. The SMILES string of the molecule is COc1cccc2c1C(=O)c1c(OC)cc(NC(=O)CN=[N+]=[N-])cc1C2=O. The van der Waals surface area contributed by atoms with Gasteiger partial charge in [0.25, 0.3) is 0 Å². The van der Waals surface area contributed by atoms with Crippen molar-refractivity contribution in [3.8, 4) is 11.5 Å². The molecule has 1 aliphatic carbocycles. The molecule has 0 aliphatic heterocycles. The summed E-state index contributed by atoms with van der Waals surface area (Å²) < 4.78 is 10.5. The van der Waals surface area contributed by atoms with Crippen LogP contribution in [0.1, 0.15) is 31.8 Å². The first-order valence-corrected chi connectivity index (χ1v) is 7.81. The number of ketones is 2. The minimum absolute atomic E-state index is 0.104. The van der Waals surface area contributed by atoms with E-state index in [1.165, 1.54) is 26.4 Å². The third-order valence-electron chi connectivity index (χ3n) is 4.07. The van der Waals surface area contributed by atoms with Crippen LogP contribution >= 0.6 is 0 Å². The van der Waals surface area contributed by atoms with Crippen LogP contribution < -0.4 is 14.8 Å². The van der Waals surface area contributed by atoms with Crippen molar-refractivity contribution in [2.45, 2.75) is 0 Å². The van der Waals surface area contributed by atoms with Crippen molar-refractivity contribution in [1.29, 1.82) is 0 Å². The highest BCUT2D eigenvalue weighted by atomic mass is 16.5. The molecule has 2 aromatic rings. The van der Waals surface area contributed by atoms with E-state index in [0.717, 1.165) is 0 Å². The van der Waals surface area contributed by atoms with Crippen molar-refractivity contribution in [3.63, 3.8) is 0 Å². The van der Waals surface area contributed by atoms with E-state index in [4.69, 9.17) is 15.0 Å². The van der Waals surface area contributed by atoms with E-state index < -0.39 is 18.2 Å². The van der Waals surface area contributed by atoms with Gasteiger partial charge >= 0.3 is 0 Å². The maximum absolute atomic E-state index is 13.0. The van der Waals surface area contributed by atoms with Gasteiger partial charge < -0.3 is 14.8 Å². The van der Waals surface area contributed by atoms with Gasteiger partial charge in [-0.05, 0) is 17.7 Å². The molecule has 3 rings (SSSR count). The van der Waals surface area contributed by atoms with Crippen LogP contribution in [0.5, 0.6) is 11.5 Å². The topological polar surface area (TPSA) is 130 Å². The van der Waals surface area contributed by atoms with Crippen LogP contribution in [0.2, 0.25) is 0 Å². The molecule has 27 heavy (non-hydrogen) atoms. The monoisotopic (exact) mass is 366 g/mol. The molecule has 0 bridgehead atoms. The van der Waals surface area contributed by atoms with Gasteiger partial charge in [-0.1, -0.05) is 17.2 Å². The molecule has 0 saturated carbocycles. The molecular formula is C18H14N4O5. The minimum atomic E-state index is -0.563. The van der Waals surface area contributed by atoms with Crippen LogP contribution in [0, 0.1) is 0 Å². The maximum atomic E-state index is 13.0. The average Bonchev–Trinajstić information content (AvgIpc) is 2.69. The molecule has 9 heteroatoms. The van der Waals surface area contributed by atoms with E-state index in [-0.39, 0.29) is 39.5 Å². The molecule has 2 aromatic carbocycles. The van der Waals surface area contributed by atoms with Crippen molar-refractivity contribution in [3.05, 3.63) is 63.0 Å². The zero-order valence-electron chi connectivity index (χ0n) is 14.5. The summed E-state index contributed by atoms with van der Waals surface area (Å²) in [4.78, 5) is 40.3. The number of nitrogens with zero attached hydrogens (tertiary/aromatic N) is 3. The molecule has 0 spiro atoms. The number of methoxy groups -OCH3 is 2. The van der Waals surface area contributed by atoms with Gasteiger partial charge in [0.15, 0.2) is 5.78 Å². The van der Waals surface area contributed by atoms with E-state index in [9.17, 15) is 14.4 Å². The van der Waals surface area contributed by atoms with E-state index in [0.29, 0.717) is 5.75 Å². The first-order chi connectivity index (χ1) is 13.0. The molecule has 136 valence electrons. The van der Waals surface area contributed by atoms with Crippen molar-refractivity contribution in [2.24, 2.45) is 5.11 Å². The van der Waals surface area contributed by atoms with Gasteiger partial charge in [-0.3, -0.25) is 14.4 Å². The summed E-state index contributed by atoms with van der Waals surface area (Å²) in [7, 11) is 2.78. The summed E-state index contributed by atoms with van der Waals surface area (Å²) in [5.41, 5.74) is 9.14. The van der Waals surface area contributed by atoms with Gasteiger partial charge in [-0.2, -0.15) is 0 Å². The first-order valence-electron chi connectivity index (χ1n) is 7.81. The van der Waals surface area contributed by atoms with Gasteiger partial charge in [-0.25, -0.2) is 0 Å². The van der Waals surface area contributed by atoms with Crippen LogP contribution in [-0.4, -0.2) is 38.2 Å². The molecule has 1 aliphatic rings. The molecule has 0 fully saturated rings. The Morgan fingerprint density at radius 2 is 1.78 bits per heavy atom. The summed E-state index contributed by atoms with van der Waals surface area (Å²) in [6.45, 7) is -0.400. The van der Waals surface area contributed by atoms with Gasteiger partial charge in [0.05, 0.1) is 25.3 Å². The van der Waals surface area contributed by atoms with Crippen LogP contribution in [0.15, 0.2) is 35.4 Å². The molecule has 0 saturated heterocycles. The number of nitrogens with one attached hydrogen (secondary N) is 1. The fourth-order valence-corrected chi connectivity index (χ4v) is 2.95. The van der Waals surface area contributed by atoms with E-state index >= 15 is 0 Å². The Morgan fingerprint density at radius 1 is 1.07 bits per heavy atom. The average molecular weight is 366 g/mol. The Morgan fingerprint density at radius 3 is 2.44 bits per heavy atom. The number of hydrogen-bond donors (Lipinski definition) is 1. The fourth-order valence-electron chi connectivity index (χ4n) is 2.95. The van der Waals surface area contributed by atoms with Gasteiger partial charge in [0, 0.05) is 27.8 Å². The van der Waals surface area contributed by atoms with E-state index in [1.807, 2.05) is 0 Å². The first kappa shape index (κ1) is 18.0. The second-order valence-electron chi connectivity index (χ2n) is 5.58. The Bertz CT molecular complexity index is 1020. The molecular weight excluding hydrogens is 352 g/mol. The summed E-state index contributed by atoms with van der Waals surface area (Å²) in [6.07, 6.45) is 0. The van der Waals surface area contributed by atoms with Gasteiger partial charge in [-0.15, -0.1) is 0 Å².